The summed E-state index contributed by atoms with van der Waals surface area (Å²) < 4.78 is 0. The first kappa shape index (κ1) is 12.6. The van der Waals surface area contributed by atoms with E-state index in [0.29, 0.717) is 0 Å². The molecule has 2 heterocycles. The Morgan fingerprint density at radius 2 is 2.12 bits per heavy atom. The zero-order valence-electron chi connectivity index (χ0n) is 10.7. The van der Waals surface area contributed by atoms with Crippen molar-refractivity contribution in [3.05, 3.63) is 0 Å². The van der Waals surface area contributed by atoms with Crippen LogP contribution in [0.2, 0.25) is 0 Å². The second-order valence-electron chi connectivity index (χ2n) is 5.17. The monoisotopic (exact) mass is 240 g/mol. The van der Waals surface area contributed by atoms with Gasteiger partial charge in [-0.2, -0.15) is 0 Å². The Hall–Kier alpha value is -0.810. The van der Waals surface area contributed by atoms with Crippen molar-refractivity contribution >= 4 is 6.03 Å². The topological polar surface area (TPSA) is 47.6 Å². The van der Waals surface area contributed by atoms with Gasteiger partial charge in [0.25, 0.3) is 0 Å². The number of hydrogen-bond donors (Lipinski definition) is 2. The van der Waals surface area contributed by atoms with Crippen molar-refractivity contribution in [3.63, 3.8) is 0 Å². The molecule has 5 heteroatoms. The van der Waals surface area contributed by atoms with Gasteiger partial charge in [0.05, 0.1) is 0 Å². The number of carbonyl (C=O) groups is 1. The van der Waals surface area contributed by atoms with E-state index in [4.69, 9.17) is 0 Å². The number of likely N-dealkylation sites (tertiary alicyclic amines) is 1. The van der Waals surface area contributed by atoms with Crippen molar-refractivity contribution < 1.29 is 4.79 Å². The summed E-state index contributed by atoms with van der Waals surface area (Å²) >= 11 is 0. The van der Waals surface area contributed by atoms with Crippen LogP contribution in [-0.4, -0.2) is 68.7 Å². The molecule has 2 aliphatic heterocycles. The highest BCUT2D eigenvalue weighted by Gasteiger charge is 2.20. The molecule has 1 atom stereocenters. The molecule has 0 aromatic heterocycles. The van der Waals surface area contributed by atoms with Crippen molar-refractivity contribution in [2.75, 3.05) is 52.9 Å². The minimum atomic E-state index is 0.109. The molecule has 2 N–H and O–H groups in total. The summed E-state index contributed by atoms with van der Waals surface area (Å²) in [6.45, 7) is 6.71. The van der Waals surface area contributed by atoms with E-state index in [9.17, 15) is 4.79 Å². The molecule has 2 rings (SSSR count). The highest BCUT2D eigenvalue weighted by molar-refractivity contribution is 5.74. The number of urea groups is 1. The second kappa shape index (κ2) is 6.21. The van der Waals surface area contributed by atoms with Gasteiger partial charge in [0.1, 0.15) is 0 Å². The second-order valence-corrected chi connectivity index (χ2v) is 5.17. The molecule has 5 nitrogen and oxygen atoms in total. The first-order chi connectivity index (χ1) is 8.25. The average molecular weight is 240 g/mol. The van der Waals surface area contributed by atoms with Crippen molar-refractivity contribution in [2.24, 2.45) is 5.92 Å². The number of piperazine rings is 1. The Kier molecular flexibility index (Phi) is 4.62. The van der Waals surface area contributed by atoms with Gasteiger partial charge >= 0.3 is 6.03 Å². The summed E-state index contributed by atoms with van der Waals surface area (Å²) in [5, 5.41) is 6.28. The molecule has 0 spiro atoms. The van der Waals surface area contributed by atoms with E-state index in [1.54, 1.807) is 0 Å². The van der Waals surface area contributed by atoms with Gasteiger partial charge in [0, 0.05) is 39.3 Å². The molecule has 0 aromatic rings. The fourth-order valence-electron chi connectivity index (χ4n) is 2.62. The zero-order valence-corrected chi connectivity index (χ0v) is 10.7. The van der Waals surface area contributed by atoms with Gasteiger partial charge in [-0.3, -0.25) is 0 Å². The Bertz CT molecular complexity index is 253. The Morgan fingerprint density at radius 1 is 1.35 bits per heavy atom. The van der Waals surface area contributed by atoms with Crippen LogP contribution in [0.5, 0.6) is 0 Å². The van der Waals surface area contributed by atoms with Crippen molar-refractivity contribution in [1.82, 2.24) is 20.4 Å². The molecule has 0 aromatic carbocycles. The van der Waals surface area contributed by atoms with Crippen LogP contribution < -0.4 is 10.6 Å². The van der Waals surface area contributed by atoms with Gasteiger partial charge < -0.3 is 20.4 Å². The molecule has 0 saturated carbocycles. The van der Waals surface area contributed by atoms with E-state index >= 15 is 0 Å². The van der Waals surface area contributed by atoms with E-state index < -0.39 is 0 Å². The number of rotatable bonds is 3. The number of amides is 2. The third kappa shape index (κ3) is 3.85. The van der Waals surface area contributed by atoms with Gasteiger partial charge in [-0.25, -0.2) is 4.79 Å². The summed E-state index contributed by atoms with van der Waals surface area (Å²) in [7, 11) is 2.17. The Labute approximate surface area is 104 Å². The fourth-order valence-corrected chi connectivity index (χ4v) is 2.62. The van der Waals surface area contributed by atoms with Crippen molar-refractivity contribution in [2.45, 2.75) is 12.8 Å². The minimum absolute atomic E-state index is 0.109. The van der Waals surface area contributed by atoms with Crippen LogP contribution in [0.4, 0.5) is 4.79 Å². The molecule has 0 bridgehead atoms. The van der Waals surface area contributed by atoms with Crippen LogP contribution in [0.25, 0.3) is 0 Å². The molecule has 0 radical (unpaired) electrons. The molecule has 0 aliphatic carbocycles. The van der Waals surface area contributed by atoms with Crippen LogP contribution in [0.1, 0.15) is 12.8 Å². The fraction of sp³-hybridized carbons (Fsp3) is 0.917. The quantitative estimate of drug-likeness (QED) is 0.727. The summed E-state index contributed by atoms with van der Waals surface area (Å²) in [5.74, 6) is 0.767. The maximum absolute atomic E-state index is 11.8. The maximum Gasteiger partial charge on any atom is 0.317 e. The average Bonchev–Trinajstić information content (AvgIpc) is 2.76. The molecule has 2 aliphatic rings. The molecule has 2 fully saturated rings. The first-order valence-corrected chi connectivity index (χ1v) is 6.68. The predicted molar refractivity (Wildman–Crippen MR) is 68.1 cm³/mol. The van der Waals surface area contributed by atoms with Gasteiger partial charge in [-0.1, -0.05) is 0 Å². The smallest absolute Gasteiger partial charge is 0.317 e. The lowest BCUT2D eigenvalue weighted by atomic mass is 10.1. The number of nitrogens with zero attached hydrogens (tertiary/aromatic N) is 2. The molecule has 2 amide bonds. The van der Waals surface area contributed by atoms with E-state index in [1.807, 2.05) is 4.90 Å². The standard InChI is InChI=1S/C12H24N4O/c1-15-7-3-11(10-15)2-4-14-12(17)16-8-5-13-6-9-16/h11,13H,2-10H2,1H3,(H,14,17). The lowest BCUT2D eigenvalue weighted by Crippen LogP contribution is -2.50. The highest BCUT2D eigenvalue weighted by atomic mass is 16.2. The lowest BCUT2D eigenvalue weighted by Gasteiger charge is -2.27. The number of carbonyl (C=O) groups excluding carboxylic acids is 1. The summed E-state index contributed by atoms with van der Waals surface area (Å²) in [6.07, 6.45) is 2.39. The normalized spacial score (nSPS) is 26.2. The third-order valence-electron chi connectivity index (χ3n) is 3.72. The maximum atomic E-state index is 11.8. The SMILES string of the molecule is CN1CCC(CCNC(=O)N2CCNCC2)C1. The van der Waals surface area contributed by atoms with Gasteiger partial charge in [-0.15, -0.1) is 0 Å². The molecule has 1 unspecified atom stereocenters. The van der Waals surface area contributed by atoms with E-state index in [0.717, 1.165) is 45.1 Å². The minimum Gasteiger partial charge on any atom is -0.338 e. The highest BCUT2D eigenvalue weighted by Crippen LogP contribution is 2.16. The van der Waals surface area contributed by atoms with Crippen LogP contribution in [0.15, 0.2) is 0 Å². The summed E-state index contributed by atoms with van der Waals surface area (Å²) in [5.41, 5.74) is 0. The Balaban J connectivity index is 1.59. The van der Waals surface area contributed by atoms with Crippen molar-refractivity contribution in [3.8, 4) is 0 Å². The molecule has 17 heavy (non-hydrogen) atoms. The van der Waals surface area contributed by atoms with E-state index in [2.05, 4.69) is 22.6 Å². The Morgan fingerprint density at radius 3 is 2.76 bits per heavy atom. The van der Waals surface area contributed by atoms with Crippen LogP contribution in [-0.2, 0) is 0 Å². The summed E-state index contributed by atoms with van der Waals surface area (Å²) in [4.78, 5) is 16.1. The van der Waals surface area contributed by atoms with E-state index in [-0.39, 0.29) is 6.03 Å². The van der Waals surface area contributed by atoms with Gasteiger partial charge in [0.15, 0.2) is 0 Å². The van der Waals surface area contributed by atoms with Crippen LogP contribution >= 0.6 is 0 Å². The van der Waals surface area contributed by atoms with Crippen LogP contribution in [0, 0.1) is 5.92 Å². The molecular formula is C12H24N4O. The van der Waals surface area contributed by atoms with E-state index in [1.165, 1.54) is 19.5 Å². The number of nitrogens with one attached hydrogen (secondary N) is 2. The van der Waals surface area contributed by atoms with Crippen LogP contribution in [0.3, 0.4) is 0 Å². The third-order valence-corrected chi connectivity index (χ3v) is 3.72. The predicted octanol–water partition coefficient (Wildman–Crippen LogP) is -0.0570. The first-order valence-electron chi connectivity index (χ1n) is 6.68. The largest absolute Gasteiger partial charge is 0.338 e. The lowest BCUT2D eigenvalue weighted by molar-refractivity contribution is 0.189. The molecule has 98 valence electrons. The van der Waals surface area contributed by atoms with Gasteiger partial charge in [0.2, 0.25) is 0 Å². The summed E-state index contributed by atoms with van der Waals surface area (Å²) in [6, 6.07) is 0.109. The molecule has 2 saturated heterocycles. The number of hydrogen-bond acceptors (Lipinski definition) is 3. The van der Waals surface area contributed by atoms with Gasteiger partial charge in [-0.05, 0) is 32.4 Å². The molecular weight excluding hydrogens is 216 g/mol. The zero-order chi connectivity index (χ0) is 12.1. The van der Waals surface area contributed by atoms with Crippen molar-refractivity contribution in [1.29, 1.82) is 0 Å².